The van der Waals surface area contributed by atoms with Gasteiger partial charge in [0.05, 0.1) is 24.0 Å². The molecule has 2 amide bonds. The van der Waals surface area contributed by atoms with Gasteiger partial charge in [-0.05, 0) is 6.42 Å². The van der Waals surface area contributed by atoms with E-state index in [0.717, 1.165) is 31.9 Å². The van der Waals surface area contributed by atoms with Crippen molar-refractivity contribution in [1.29, 1.82) is 0 Å². The van der Waals surface area contributed by atoms with Crippen LogP contribution in [0.5, 0.6) is 0 Å². The molecule has 0 aliphatic carbocycles. The lowest BCUT2D eigenvalue weighted by Gasteiger charge is -2.29. The topological polar surface area (TPSA) is 87.2 Å². The van der Waals surface area contributed by atoms with Gasteiger partial charge >= 0.3 is 0 Å². The first-order valence-corrected chi connectivity index (χ1v) is 6.85. The molecule has 7 nitrogen and oxygen atoms in total. The summed E-state index contributed by atoms with van der Waals surface area (Å²) in [6.45, 7) is 3.77. The van der Waals surface area contributed by atoms with Crippen molar-refractivity contribution in [3.63, 3.8) is 0 Å². The third-order valence-electron chi connectivity index (χ3n) is 3.69. The van der Waals surface area contributed by atoms with Crippen LogP contribution in [0, 0.1) is 0 Å². The van der Waals surface area contributed by atoms with Gasteiger partial charge in [-0.15, -0.1) is 0 Å². The third-order valence-corrected chi connectivity index (χ3v) is 3.69. The van der Waals surface area contributed by atoms with Crippen LogP contribution in [-0.2, 0) is 9.59 Å². The van der Waals surface area contributed by atoms with Gasteiger partial charge in [0.1, 0.15) is 5.82 Å². The molecule has 3 heterocycles. The first kappa shape index (κ1) is 13.0. The van der Waals surface area contributed by atoms with E-state index in [4.69, 9.17) is 0 Å². The summed E-state index contributed by atoms with van der Waals surface area (Å²) in [6.07, 6.45) is 4.35. The molecule has 0 radical (unpaired) electrons. The number of imide groups is 1. The van der Waals surface area contributed by atoms with Crippen molar-refractivity contribution < 1.29 is 9.59 Å². The maximum absolute atomic E-state index is 11.8. The van der Waals surface area contributed by atoms with Crippen LogP contribution in [0.4, 0.5) is 5.69 Å². The first-order valence-electron chi connectivity index (χ1n) is 6.85. The van der Waals surface area contributed by atoms with Crippen molar-refractivity contribution in [2.24, 2.45) is 0 Å². The van der Waals surface area contributed by atoms with Crippen LogP contribution in [0.3, 0.4) is 0 Å². The smallest absolute Gasteiger partial charge is 0.237 e. The number of hydrogen-bond acceptors (Lipinski definition) is 6. The predicted octanol–water partition coefficient (Wildman–Crippen LogP) is -0.594. The van der Waals surface area contributed by atoms with Crippen LogP contribution in [-0.4, -0.2) is 48.0 Å². The molecule has 3 rings (SSSR count). The van der Waals surface area contributed by atoms with Crippen LogP contribution in [0.2, 0.25) is 0 Å². The second-order valence-corrected chi connectivity index (χ2v) is 5.04. The molecular formula is C13H17N5O2. The molecule has 0 bridgehead atoms. The molecule has 2 aliphatic rings. The minimum Gasteiger partial charge on any atom is -0.366 e. The van der Waals surface area contributed by atoms with E-state index in [0.29, 0.717) is 18.7 Å². The lowest BCUT2D eigenvalue weighted by molar-refractivity contribution is -0.134. The maximum atomic E-state index is 11.8. The van der Waals surface area contributed by atoms with E-state index in [1.54, 1.807) is 12.4 Å². The molecule has 1 aromatic heterocycles. The van der Waals surface area contributed by atoms with Gasteiger partial charge in [-0.2, -0.15) is 0 Å². The average molecular weight is 275 g/mol. The number of amides is 2. The van der Waals surface area contributed by atoms with E-state index in [9.17, 15) is 9.59 Å². The predicted molar refractivity (Wildman–Crippen MR) is 72.2 cm³/mol. The summed E-state index contributed by atoms with van der Waals surface area (Å²) in [5, 5.41) is 5.62. The first-order chi connectivity index (χ1) is 9.74. The van der Waals surface area contributed by atoms with Crippen molar-refractivity contribution in [3.05, 3.63) is 18.2 Å². The molecule has 1 unspecified atom stereocenters. The molecule has 7 heteroatoms. The highest BCUT2D eigenvalue weighted by molar-refractivity contribution is 6.00. The molecule has 2 fully saturated rings. The van der Waals surface area contributed by atoms with Gasteiger partial charge < -0.3 is 10.2 Å². The van der Waals surface area contributed by atoms with Crippen molar-refractivity contribution >= 4 is 17.5 Å². The lowest BCUT2D eigenvalue weighted by Crippen LogP contribution is -2.43. The summed E-state index contributed by atoms with van der Waals surface area (Å²) in [6, 6.07) is 0. The molecule has 106 valence electrons. The quantitative estimate of drug-likeness (QED) is 0.701. The van der Waals surface area contributed by atoms with Crippen LogP contribution >= 0.6 is 0 Å². The average Bonchev–Trinajstić information content (AvgIpc) is 2.48. The molecule has 0 aromatic carbocycles. The number of rotatable bonds is 2. The van der Waals surface area contributed by atoms with Crippen LogP contribution in [0.1, 0.15) is 24.6 Å². The molecule has 0 spiro atoms. The number of anilines is 1. The Balaban J connectivity index is 1.72. The highest BCUT2D eigenvalue weighted by Crippen LogP contribution is 2.22. The normalized spacial score (nSPS) is 23.6. The summed E-state index contributed by atoms with van der Waals surface area (Å²) >= 11 is 0. The zero-order valence-corrected chi connectivity index (χ0v) is 11.1. The SMILES string of the molecule is O=C1CCC(c2ncc(N3CCNCC3)cn2)C(=O)N1. The van der Waals surface area contributed by atoms with E-state index >= 15 is 0 Å². The summed E-state index contributed by atoms with van der Waals surface area (Å²) in [5.41, 5.74) is 0.975. The Labute approximate surface area is 116 Å². The van der Waals surface area contributed by atoms with Crippen molar-refractivity contribution in [2.45, 2.75) is 18.8 Å². The highest BCUT2D eigenvalue weighted by Gasteiger charge is 2.30. The second-order valence-electron chi connectivity index (χ2n) is 5.04. The molecule has 0 saturated carbocycles. The van der Waals surface area contributed by atoms with Gasteiger partial charge in [-0.25, -0.2) is 9.97 Å². The standard InChI is InChI=1S/C13H17N5O2/c19-11-2-1-10(13(20)17-11)12-15-7-9(8-16-12)18-5-3-14-4-6-18/h7-8,10,14H,1-6H2,(H,17,19,20). The zero-order valence-electron chi connectivity index (χ0n) is 11.1. The van der Waals surface area contributed by atoms with Crippen molar-refractivity contribution in [3.8, 4) is 0 Å². The Bertz CT molecular complexity index is 510. The maximum Gasteiger partial charge on any atom is 0.237 e. The Morgan fingerprint density at radius 2 is 1.85 bits per heavy atom. The zero-order chi connectivity index (χ0) is 13.9. The highest BCUT2D eigenvalue weighted by atomic mass is 16.2. The largest absolute Gasteiger partial charge is 0.366 e. The minimum atomic E-state index is -0.412. The summed E-state index contributed by atoms with van der Waals surface area (Å²) < 4.78 is 0. The fourth-order valence-electron chi connectivity index (χ4n) is 2.54. The van der Waals surface area contributed by atoms with E-state index in [2.05, 4.69) is 25.5 Å². The number of nitrogens with zero attached hydrogens (tertiary/aromatic N) is 3. The van der Waals surface area contributed by atoms with E-state index < -0.39 is 5.92 Å². The van der Waals surface area contributed by atoms with Crippen molar-refractivity contribution in [1.82, 2.24) is 20.6 Å². The third kappa shape index (κ3) is 2.62. The fourth-order valence-corrected chi connectivity index (χ4v) is 2.54. The number of nitrogens with one attached hydrogen (secondary N) is 2. The molecule has 2 aliphatic heterocycles. The molecule has 1 aromatic rings. The summed E-state index contributed by atoms with van der Waals surface area (Å²) in [7, 11) is 0. The number of aromatic nitrogens is 2. The number of hydrogen-bond donors (Lipinski definition) is 2. The Kier molecular flexibility index (Phi) is 3.60. The van der Waals surface area contributed by atoms with Crippen LogP contribution < -0.4 is 15.5 Å². The molecule has 1 atom stereocenters. The van der Waals surface area contributed by atoms with Crippen LogP contribution in [0.15, 0.2) is 12.4 Å². The van der Waals surface area contributed by atoms with E-state index in [1.807, 2.05) is 0 Å². The molecule has 2 saturated heterocycles. The Morgan fingerprint density at radius 1 is 1.15 bits per heavy atom. The van der Waals surface area contributed by atoms with Gasteiger partial charge in [0, 0.05) is 32.6 Å². The molecular weight excluding hydrogens is 258 g/mol. The minimum absolute atomic E-state index is 0.219. The number of piperazine rings is 1. The Morgan fingerprint density at radius 3 is 2.50 bits per heavy atom. The van der Waals surface area contributed by atoms with Crippen LogP contribution in [0.25, 0.3) is 0 Å². The number of piperidine rings is 1. The monoisotopic (exact) mass is 275 g/mol. The van der Waals surface area contributed by atoms with Gasteiger partial charge in [0.2, 0.25) is 11.8 Å². The molecule has 20 heavy (non-hydrogen) atoms. The van der Waals surface area contributed by atoms with E-state index in [1.165, 1.54) is 0 Å². The van der Waals surface area contributed by atoms with E-state index in [-0.39, 0.29) is 11.8 Å². The number of carbonyl (C=O) groups is 2. The summed E-state index contributed by atoms with van der Waals surface area (Å²) in [5.74, 6) is -0.432. The van der Waals surface area contributed by atoms with Gasteiger partial charge in [-0.3, -0.25) is 14.9 Å². The Hall–Kier alpha value is -2.02. The second kappa shape index (κ2) is 5.54. The van der Waals surface area contributed by atoms with Gasteiger partial charge in [-0.1, -0.05) is 0 Å². The molecule has 2 N–H and O–H groups in total. The summed E-state index contributed by atoms with van der Waals surface area (Å²) in [4.78, 5) is 33.7. The fraction of sp³-hybridized carbons (Fsp3) is 0.538. The lowest BCUT2D eigenvalue weighted by atomic mass is 9.97. The van der Waals surface area contributed by atoms with Crippen molar-refractivity contribution in [2.75, 3.05) is 31.1 Å². The van der Waals surface area contributed by atoms with Gasteiger partial charge in [0.15, 0.2) is 0 Å². The number of carbonyl (C=O) groups excluding carboxylic acids is 2. The van der Waals surface area contributed by atoms with Gasteiger partial charge in [0.25, 0.3) is 0 Å².